The molecule has 0 bridgehead atoms. The van der Waals surface area contributed by atoms with Crippen molar-refractivity contribution < 1.29 is 4.39 Å². The molecule has 4 aromatic carbocycles. The van der Waals surface area contributed by atoms with E-state index in [0.717, 1.165) is 49.5 Å². The topological polar surface area (TPSA) is 0 Å². The number of benzene rings is 4. The zero-order valence-corrected chi connectivity index (χ0v) is 20.8. The predicted octanol–water partition coefficient (Wildman–Crippen LogP) is 8.63. The summed E-state index contributed by atoms with van der Waals surface area (Å²) in [6.45, 7) is 4.23. The Bertz CT molecular complexity index is 1350. The van der Waals surface area contributed by atoms with E-state index in [-0.39, 0.29) is 5.82 Å². The summed E-state index contributed by atoms with van der Waals surface area (Å²) >= 11 is 0. The van der Waals surface area contributed by atoms with Gasteiger partial charge >= 0.3 is 0 Å². The summed E-state index contributed by atoms with van der Waals surface area (Å²) in [6, 6.07) is 27.0. The highest BCUT2D eigenvalue weighted by Gasteiger charge is 2.07. The first-order chi connectivity index (χ1) is 17.2. The third-order valence-corrected chi connectivity index (χ3v) is 6.41. The van der Waals surface area contributed by atoms with E-state index in [9.17, 15) is 0 Å². The van der Waals surface area contributed by atoms with Crippen LogP contribution in [0.1, 0.15) is 60.1 Å². The van der Waals surface area contributed by atoms with Crippen LogP contribution in [0.15, 0.2) is 91.0 Å². The van der Waals surface area contributed by atoms with Crippen LogP contribution in [0.2, 0.25) is 0 Å². The van der Waals surface area contributed by atoms with Crippen LogP contribution < -0.4 is 0 Å². The minimum Gasteiger partial charge on any atom is -0.205 e. The van der Waals surface area contributed by atoms with Crippen LogP contribution in [0, 0.1) is 17.7 Å². The molecule has 4 aromatic rings. The normalized spacial score (nSPS) is 11.1. The molecule has 0 saturated carbocycles. The smallest absolute Gasteiger partial charge is 0.146 e. The SMILES string of the molecule is C/C=C/CCc1ccc(CCc2ccc3c(F)c(C#Cc4ccc(CCC)cc4)ccc3c2)cc1. The summed E-state index contributed by atoms with van der Waals surface area (Å²) < 4.78 is 15.2. The monoisotopic (exact) mass is 460 g/mol. The lowest BCUT2D eigenvalue weighted by molar-refractivity contribution is 0.636. The molecule has 0 radical (unpaired) electrons. The molecular formula is C34H33F. The van der Waals surface area contributed by atoms with Crippen molar-refractivity contribution in [2.45, 2.75) is 52.4 Å². The molecule has 0 unspecified atom stereocenters. The number of fused-ring (bicyclic) bond motifs is 1. The Hall–Kier alpha value is -3.63. The average Bonchev–Trinajstić information content (AvgIpc) is 2.89. The highest BCUT2D eigenvalue weighted by molar-refractivity contribution is 5.85. The van der Waals surface area contributed by atoms with Crippen LogP contribution in [0.4, 0.5) is 4.39 Å². The van der Waals surface area contributed by atoms with Crippen molar-refractivity contribution in [1.82, 2.24) is 0 Å². The summed E-state index contributed by atoms with van der Waals surface area (Å²) in [5.41, 5.74) is 6.59. The van der Waals surface area contributed by atoms with E-state index >= 15 is 4.39 Å². The van der Waals surface area contributed by atoms with E-state index in [0.29, 0.717) is 10.9 Å². The van der Waals surface area contributed by atoms with E-state index in [2.05, 4.69) is 80.3 Å². The standard InChI is InChI=1S/C34H33F/c1-3-5-6-8-27-11-15-28(16-12-27)17-18-30-20-24-33-32(25-30)23-22-31(34(33)35)21-19-29-13-9-26(7-4-2)10-14-29/h3,5,9-16,20,22-25H,4,6-8,17-18H2,1-2H3/b5-3+. The maximum Gasteiger partial charge on any atom is 0.146 e. The molecule has 0 fully saturated rings. The van der Waals surface area contributed by atoms with Crippen LogP contribution in [0.5, 0.6) is 0 Å². The van der Waals surface area contributed by atoms with Gasteiger partial charge in [-0.25, -0.2) is 4.39 Å². The van der Waals surface area contributed by atoms with Crippen molar-refractivity contribution in [2.24, 2.45) is 0 Å². The second-order valence-electron chi connectivity index (χ2n) is 9.10. The van der Waals surface area contributed by atoms with Gasteiger partial charge in [0.2, 0.25) is 0 Å². The summed E-state index contributed by atoms with van der Waals surface area (Å²) in [4.78, 5) is 0. The van der Waals surface area contributed by atoms with Crippen molar-refractivity contribution in [3.05, 3.63) is 130 Å². The molecule has 0 aliphatic carbocycles. The maximum atomic E-state index is 15.2. The quantitative estimate of drug-likeness (QED) is 0.182. The molecular weight excluding hydrogens is 427 g/mol. The number of aryl methyl sites for hydroxylation is 4. The molecule has 0 N–H and O–H groups in total. The minimum atomic E-state index is -0.238. The van der Waals surface area contributed by atoms with E-state index in [1.54, 1.807) is 6.07 Å². The molecule has 0 spiro atoms. The Morgan fingerprint density at radius 1 is 0.686 bits per heavy atom. The first-order valence-electron chi connectivity index (χ1n) is 12.7. The second kappa shape index (κ2) is 12.2. The van der Waals surface area contributed by atoms with Gasteiger partial charge in [0.25, 0.3) is 0 Å². The Kier molecular flexibility index (Phi) is 8.53. The van der Waals surface area contributed by atoms with Crippen LogP contribution >= 0.6 is 0 Å². The first kappa shape index (κ1) is 24.5. The van der Waals surface area contributed by atoms with Crippen LogP contribution in [-0.2, 0) is 25.7 Å². The molecule has 0 aliphatic rings. The van der Waals surface area contributed by atoms with Gasteiger partial charge in [0, 0.05) is 10.9 Å². The van der Waals surface area contributed by atoms with E-state index in [4.69, 9.17) is 0 Å². The molecule has 0 heterocycles. The van der Waals surface area contributed by atoms with Gasteiger partial charge in [0.15, 0.2) is 0 Å². The molecule has 35 heavy (non-hydrogen) atoms. The fourth-order valence-corrected chi connectivity index (χ4v) is 4.35. The van der Waals surface area contributed by atoms with Gasteiger partial charge in [-0.2, -0.15) is 0 Å². The van der Waals surface area contributed by atoms with Crippen LogP contribution in [0.3, 0.4) is 0 Å². The molecule has 4 rings (SSSR count). The van der Waals surface area contributed by atoms with E-state index in [1.807, 2.05) is 30.3 Å². The summed E-state index contributed by atoms with van der Waals surface area (Å²) in [5, 5.41) is 1.55. The van der Waals surface area contributed by atoms with E-state index in [1.165, 1.54) is 22.3 Å². The third-order valence-electron chi connectivity index (χ3n) is 6.41. The molecule has 0 amide bonds. The van der Waals surface area contributed by atoms with Crippen molar-refractivity contribution >= 4 is 10.8 Å². The Morgan fingerprint density at radius 2 is 1.31 bits per heavy atom. The molecule has 0 nitrogen and oxygen atoms in total. The number of hydrogen-bond donors (Lipinski definition) is 0. The Morgan fingerprint density at radius 3 is 2.03 bits per heavy atom. The minimum absolute atomic E-state index is 0.238. The zero-order chi connectivity index (χ0) is 24.5. The fourth-order valence-electron chi connectivity index (χ4n) is 4.35. The van der Waals surface area contributed by atoms with Gasteiger partial charge in [-0.3, -0.25) is 0 Å². The molecule has 176 valence electrons. The first-order valence-corrected chi connectivity index (χ1v) is 12.7. The van der Waals surface area contributed by atoms with Crippen LogP contribution in [-0.4, -0.2) is 0 Å². The lowest BCUT2D eigenvalue weighted by atomic mass is 9.98. The molecule has 0 aromatic heterocycles. The molecule has 0 aliphatic heterocycles. The fraction of sp³-hybridized carbons (Fsp3) is 0.235. The molecule has 0 atom stereocenters. The van der Waals surface area contributed by atoms with Gasteiger partial charge < -0.3 is 0 Å². The highest BCUT2D eigenvalue weighted by Crippen LogP contribution is 2.23. The second-order valence-corrected chi connectivity index (χ2v) is 9.10. The average molecular weight is 461 g/mol. The Balaban J connectivity index is 1.42. The third kappa shape index (κ3) is 6.71. The van der Waals surface area contributed by atoms with Crippen LogP contribution in [0.25, 0.3) is 10.8 Å². The molecule has 0 saturated heterocycles. The van der Waals surface area contributed by atoms with Crippen molar-refractivity contribution in [1.29, 1.82) is 0 Å². The summed E-state index contributed by atoms with van der Waals surface area (Å²) in [5.74, 6) is 5.90. The lowest BCUT2D eigenvalue weighted by Gasteiger charge is -2.07. The highest BCUT2D eigenvalue weighted by atomic mass is 19.1. The number of allylic oxidation sites excluding steroid dienone is 2. The number of halogens is 1. The largest absolute Gasteiger partial charge is 0.205 e. The maximum absolute atomic E-state index is 15.2. The summed E-state index contributed by atoms with van der Waals surface area (Å²) in [7, 11) is 0. The zero-order valence-electron chi connectivity index (χ0n) is 20.8. The Labute approximate surface area is 209 Å². The predicted molar refractivity (Wildman–Crippen MR) is 147 cm³/mol. The molecule has 1 heteroatoms. The van der Waals surface area contributed by atoms with Crippen molar-refractivity contribution in [2.75, 3.05) is 0 Å². The number of hydrogen-bond acceptors (Lipinski definition) is 0. The summed E-state index contributed by atoms with van der Waals surface area (Å²) in [6.07, 6.45) is 10.6. The van der Waals surface area contributed by atoms with Gasteiger partial charge in [0.1, 0.15) is 5.82 Å². The van der Waals surface area contributed by atoms with E-state index < -0.39 is 0 Å². The van der Waals surface area contributed by atoms with Crippen molar-refractivity contribution in [3.8, 4) is 11.8 Å². The van der Waals surface area contributed by atoms with Gasteiger partial charge in [-0.15, -0.1) is 0 Å². The van der Waals surface area contributed by atoms with Crippen molar-refractivity contribution in [3.63, 3.8) is 0 Å². The van der Waals surface area contributed by atoms with Gasteiger partial charge in [0.05, 0.1) is 5.56 Å². The lowest BCUT2D eigenvalue weighted by Crippen LogP contribution is -1.94. The van der Waals surface area contributed by atoms with Gasteiger partial charge in [-0.1, -0.05) is 98.0 Å². The number of rotatable bonds is 8. The van der Waals surface area contributed by atoms with Gasteiger partial charge in [-0.05, 0) is 84.9 Å².